The zero-order valence-electron chi connectivity index (χ0n) is 13.9. The third kappa shape index (κ3) is 4.26. The fourth-order valence-corrected chi connectivity index (χ4v) is 3.84. The molecule has 3 rings (SSSR count). The molecule has 0 bridgehead atoms. The van der Waals surface area contributed by atoms with Crippen molar-refractivity contribution in [1.82, 2.24) is 14.8 Å². The SMILES string of the molecule is O=C(CCC1CCCC1)N1CCN(C(=O)c2ccnc(Cl)c2)CC1. The Morgan fingerprint density at radius 3 is 2.46 bits per heavy atom. The van der Waals surface area contributed by atoms with Gasteiger partial charge in [-0.05, 0) is 24.5 Å². The number of hydrogen-bond donors (Lipinski definition) is 0. The molecule has 1 aliphatic heterocycles. The Hall–Kier alpha value is -1.62. The number of pyridine rings is 1. The number of piperazine rings is 1. The number of carbonyl (C=O) groups is 2. The van der Waals surface area contributed by atoms with Crippen LogP contribution in [0.1, 0.15) is 48.9 Å². The quantitative estimate of drug-likeness (QED) is 0.785. The van der Waals surface area contributed by atoms with Gasteiger partial charge >= 0.3 is 0 Å². The highest BCUT2D eigenvalue weighted by Crippen LogP contribution is 2.28. The topological polar surface area (TPSA) is 53.5 Å². The fourth-order valence-electron chi connectivity index (χ4n) is 3.66. The second-order valence-corrected chi connectivity index (χ2v) is 7.12. The van der Waals surface area contributed by atoms with Gasteiger partial charge in [-0.2, -0.15) is 0 Å². The number of amides is 2. The van der Waals surface area contributed by atoms with E-state index < -0.39 is 0 Å². The molecule has 1 aromatic heterocycles. The van der Waals surface area contributed by atoms with Gasteiger partial charge in [-0.25, -0.2) is 4.98 Å². The van der Waals surface area contributed by atoms with E-state index in [0.29, 0.717) is 43.3 Å². The number of hydrogen-bond acceptors (Lipinski definition) is 3. The number of nitrogens with zero attached hydrogens (tertiary/aromatic N) is 3. The molecule has 0 atom stereocenters. The van der Waals surface area contributed by atoms with Crippen molar-refractivity contribution in [2.24, 2.45) is 5.92 Å². The van der Waals surface area contributed by atoms with Crippen LogP contribution in [-0.2, 0) is 4.79 Å². The largest absolute Gasteiger partial charge is 0.339 e. The summed E-state index contributed by atoms with van der Waals surface area (Å²) in [5.41, 5.74) is 0.552. The van der Waals surface area contributed by atoms with Crippen molar-refractivity contribution in [2.75, 3.05) is 26.2 Å². The van der Waals surface area contributed by atoms with Crippen molar-refractivity contribution >= 4 is 23.4 Å². The molecule has 2 aliphatic rings. The Kier molecular flexibility index (Phi) is 5.72. The number of halogens is 1. The normalized spacial score (nSPS) is 18.9. The van der Waals surface area contributed by atoms with Gasteiger partial charge in [0.25, 0.3) is 5.91 Å². The summed E-state index contributed by atoms with van der Waals surface area (Å²) in [5, 5.41) is 0.321. The molecule has 0 radical (unpaired) electrons. The van der Waals surface area contributed by atoms with E-state index in [-0.39, 0.29) is 11.8 Å². The van der Waals surface area contributed by atoms with Gasteiger partial charge in [-0.1, -0.05) is 37.3 Å². The predicted molar refractivity (Wildman–Crippen MR) is 92.9 cm³/mol. The molecular weight excluding hydrogens is 326 g/mol. The molecule has 0 aromatic carbocycles. The van der Waals surface area contributed by atoms with Crippen LogP contribution in [0.3, 0.4) is 0 Å². The minimum atomic E-state index is -0.0441. The Morgan fingerprint density at radius 1 is 1.12 bits per heavy atom. The predicted octanol–water partition coefficient (Wildman–Crippen LogP) is 2.99. The number of aromatic nitrogens is 1. The van der Waals surface area contributed by atoms with Gasteiger partial charge < -0.3 is 9.80 Å². The number of carbonyl (C=O) groups excluding carboxylic acids is 2. The molecule has 130 valence electrons. The molecule has 0 unspecified atom stereocenters. The van der Waals surface area contributed by atoms with E-state index in [1.54, 1.807) is 23.2 Å². The van der Waals surface area contributed by atoms with Crippen LogP contribution in [0.5, 0.6) is 0 Å². The summed E-state index contributed by atoms with van der Waals surface area (Å²) >= 11 is 5.85. The van der Waals surface area contributed by atoms with Crippen molar-refractivity contribution in [3.05, 3.63) is 29.0 Å². The summed E-state index contributed by atoms with van der Waals surface area (Å²) in [7, 11) is 0. The molecule has 1 saturated carbocycles. The maximum absolute atomic E-state index is 12.5. The van der Waals surface area contributed by atoms with Gasteiger partial charge in [0.2, 0.25) is 5.91 Å². The third-order valence-corrected chi connectivity index (χ3v) is 5.34. The molecule has 6 heteroatoms. The highest BCUT2D eigenvalue weighted by Gasteiger charge is 2.25. The van der Waals surface area contributed by atoms with Gasteiger partial charge in [-0.15, -0.1) is 0 Å². The maximum Gasteiger partial charge on any atom is 0.254 e. The minimum Gasteiger partial charge on any atom is -0.339 e. The molecule has 5 nitrogen and oxygen atoms in total. The fraction of sp³-hybridized carbons (Fsp3) is 0.611. The lowest BCUT2D eigenvalue weighted by Crippen LogP contribution is -2.50. The lowest BCUT2D eigenvalue weighted by molar-refractivity contribution is -0.133. The van der Waals surface area contributed by atoms with Crippen LogP contribution in [0.2, 0.25) is 5.15 Å². The van der Waals surface area contributed by atoms with Crippen molar-refractivity contribution in [3.63, 3.8) is 0 Å². The van der Waals surface area contributed by atoms with Crippen LogP contribution >= 0.6 is 11.6 Å². The number of rotatable bonds is 4. The van der Waals surface area contributed by atoms with Gasteiger partial charge in [0.15, 0.2) is 0 Å². The molecule has 1 aromatic rings. The van der Waals surface area contributed by atoms with Crippen LogP contribution in [0.15, 0.2) is 18.3 Å². The summed E-state index contributed by atoms with van der Waals surface area (Å²) in [4.78, 5) is 32.4. The first-order chi connectivity index (χ1) is 11.6. The van der Waals surface area contributed by atoms with E-state index in [1.807, 2.05) is 4.90 Å². The monoisotopic (exact) mass is 349 g/mol. The lowest BCUT2D eigenvalue weighted by Gasteiger charge is -2.35. The van der Waals surface area contributed by atoms with Crippen molar-refractivity contribution in [3.8, 4) is 0 Å². The average Bonchev–Trinajstić information content (AvgIpc) is 3.13. The van der Waals surface area contributed by atoms with Gasteiger partial charge in [0, 0.05) is 44.4 Å². The van der Waals surface area contributed by atoms with Crippen LogP contribution in [0.4, 0.5) is 0 Å². The van der Waals surface area contributed by atoms with Crippen LogP contribution < -0.4 is 0 Å². The molecule has 2 heterocycles. The van der Waals surface area contributed by atoms with E-state index >= 15 is 0 Å². The molecule has 1 aliphatic carbocycles. The Balaban J connectivity index is 1.46. The van der Waals surface area contributed by atoms with Gasteiger partial charge in [0.1, 0.15) is 5.15 Å². The molecule has 2 fully saturated rings. The Labute approximate surface area is 148 Å². The minimum absolute atomic E-state index is 0.0441. The zero-order valence-corrected chi connectivity index (χ0v) is 14.7. The summed E-state index contributed by atoms with van der Waals surface area (Å²) < 4.78 is 0. The standard InChI is InChI=1S/C18H24ClN3O2/c19-16-13-15(7-8-20-16)18(24)22-11-9-21(10-12-22)17(23)6-5-14-3-1-2-4-14/h7-8,13-14H,1-6,9-12H2. The Morgan fingerprint density at radius 2 is 1.79 bits per heavy atom. The van der Waals surface area contributed by atoms with E-state index in [9.17, 15) is 9.59 Å². The summed E-state index contributed by atoms with van der Waals surface area (Å²) in [5.74, 6) is 0.937. The smallest absolute Gasteiger partial charge is 0.254 e. The third-order valence-electron chi connectivity index (χ3n) is 5.13. The van der Waals surface area contributed by atoms with Gasteiger partial charge in [0.05, 0.1) is 0 Å². The first kappa shape index (κ1) is 17.2. The van der Waals surface area contributed by atoms with Crippen LogP contribution in [0.25, 0.3) is 0 Å². The zero-order chi connectivity index (χ0) is 16.9. The maximum atomic E-state index is 12.5. The van der Waals surface area contributed by atoms with E-state index in [2.05, 4.69) is 4.98 Å². The van der Waals surface area contributed by atoms with E-state index in [4.69, 9.17) is 11.6 Å². The molecule has 2 amide bonds. The summed E-state index contributed by atoms with van der Waals surface area (Å²) in [6.45, 7) is 2.39. The van der Waals surface area contributed by atoms with Gasteiger partial charge in [-0.3, -0.25) is 9.59 Å². The van der Waals surface area contributed by atoms with Crippen LogP contribution in [0, 0.1) is 5.92 Å². The highest BCUT2D eigenvalue weighted by atomic mass is 35.5. The lowest BCUT2D eigenvalue weighted by atomic mass is 10.0. The molecule has 24 heavy (non-hydrogen) atoms. The second-order valence-electron chi connectivity index (χ2n) is 6.73. The first-order valence-electron chi connectivity index (χ1n) is 8.82. The molecule has 1 saturated heterocycles. The second kappa shape index (κ2) is 7.97. The van der Waals surface area contributed by atoms with Crippen molar-refractivity contribution in [1.29, 1.82) is 0 Å². The molecular formula is C18H24ClN3O2. The average molecular weight is 350 g/mol. The molecule has 0 N–H and O–H groups in total. The summed E-state index contributed by atoms with van der Waals surface area (Å²) in [6.07, 6.45) is 8.41. The van der Waals surface area contributed by atoms with Crippen LogP contribution in [-0.4, -0.2) is 52.8 Å². The molecule has 0 spiro atoms. The highest BCUT2D eigenvalue weighted by molar-refractivity contribution is 6.29. The van der Waals surface area contributed by atoms with Crippen molar-refractivity contribution < 1.29 is 9.59 Å². The summed E-state index contributed by atoms with van der Waals surface area (Å²) in [6, 6.07) is 3.26. The van der Waals surface area contributed by atoms with E-state index in [0.717, 1.165) is 12.3 Å². The Bertz CT molecular complexity index is 594. The first-order valence-corrected chi connectivity index (χ1v) is 9.20. The van der Waals surface area contributed by atoms with E-state index in [1.165, 1.54) is 25.7 Å². The van der Waals surface area contributed by atoms with Crippen molar-refractivity contribution in [2.45, 2.75) is 38.5 Å².